The topological polar surface area (TPSA) is 41.9 Å². The van der Waals surface area contributed by atoms with E-state index in [0.717, 1.165) is 31.0 Å². The average molecular weight is 327 g/mol. The number of para-hydroxylation sites is 1. The number of nitrogens with zero attached hydrogens (tertiary/aromatic N) is 1. The first-order valence-corrected chi connectivity index (χ1v) is 8.47. The molecule has 1 N–H and O–H groups in total. The number of hydrogen-bond donors (Lipinski definition) is 1. The molecular formula is C20H25NO3. The summed E-state index contributed by atoms with van der Waals surface area (Å²) in [4.78, 5) is 2.31. The lowest BCUT2D eigenvalue weighted by Gasteiger charge is -2.20. The van der Waals surface area contributed by atoms with Crippen molar-refractivity contribution in [3.63, 3.8) is 0 Å². The van der Waals surface area contributed by atoms with Gasteiger partial charge in [0.2, 0.25) is 0 Å². The number of ether oxygens (including phenoxy) is 2. The van der Waals surface area contributed by atoms with E-state index in [2.05, 4.69) is 17.0 Å². The van der Waals surface area contributed by atoms with Crippen molar-refractivity contribution in [1.29, 1.82) is 0 Å². The minimum Gasteiger partial charge on any atom is -0.497 e. The van der Waals surface area contributed by atoms with Crippen LogP contribution >= 0.6 is 0 Å². The van der Waals surface area contributed by atoms with Crippen molar-refractivity contribution >= 4 is 0 Å². The molecule has 2 aromatic rings. The number of methoxy groups -OCH3 is 1. The van der Waals surface area contributed by atoms with Gasteiger partial charge in [0.1, 0.15) is 24.2 Å². The number of rotatable bonds is 7. The SMILES string of the molecule is COc1ccc(C2CCN(CC(O)COc3ccccc3)C2)cc1. The second-order valence-electron chi connectivity index (χ2n) is 6.30. The molecule has 3 rings (SSSR count). The summed E-state index contributed by atoms with van der Waals surface area (Å²) in [5, 5.41) is 10.2. The highest BCUT2D eigenvalue weighted by Gasteiger charge is 2.25. The Morgan fingerprint density at radius 1 is 1.08 bits per heavy atom. The van der Waals surface area contributed by atoms with Crippen LogP contribution in [0.4, 0.5) is 0 Å². The molecule has 0 aromatic heterocycles. The molecule has 2 aromatic carbocycles. The molecule has 0 spiro atoms. The van der Waals surface area contributed by atoms with Crippen LogP contribution in [0.25, 0.3) is 0 Å². The Kier molecular flexibility index (Phi) is 5.72. The van der Waals surface area contributed by atoms with Gasteiger partial charge in [-0.25, -0.2) is 0 Å². The standard InChI is InChI=1S/C20H25NO3/c1-23-19-9-7-16(8-10-19)17-11-12-21(13-17)14-18(22)15-24-20-5-3-2-4-6-20/h2-10,17-18,22H,11-15H2,1H3. The van der Waals surface area contributed by atoms with Crippen molar-refractivity contribution in [3.8, 4) is 11.5 Å². The highest BCUT2D eigenvalue weighted by Crippen LogP contribution is 2.28. The second-order valence-corrected chi connectivity index (χ2v) is 6.30. The zero-order valence-electron chi connectivity index (χ0n) is 14.1. The minimum atomic E-state index is -0.472. The highest BCUT2D eigenvalue weighted by atomic mass is 16.5. The molecule has 24 heavy (non-hydrogen) atoms. The molecule has 1 aliphatic heterocycles. The molecule has 0 bridgehead atoms. The van der Waals surface area contributed by atoms with Crippen LogP contribution in [0, 0.1) is 0 Å². The predicted molar refractivity (Wildman–Crippen MR) is 94.7 cm³/mol. The third kappa shape index (κ3) is 4.49. The van der Waals surface area contributed by atoms with Crippen LogP contribution in [0.1, 0.15) is 17.9 Å². The lowest BCUT2D eigenvalue weighted by molar-refractivity contribution is 0.0754. The smallest absolute Gasteiger partial charge is 0.119 e. The molecule has 0 saturated carbocycles. The van der Waals surface area contributed by atoms with Gasteiger partial charge in [0.05, 0.1) is 7.11 Å². The van der Waals surface area contributed by atoms with E-state index in [1.807, 2.05) is 42.5 Å². The minimum absolute atomic E-state index is 0.327. The van der Waals surface area contributed by atoms with Crippen molar-refractivity contribution in [2.24, 2.45) is 0 Å². The quantitative estimate of drug-likeness (QED) is 0.849. The van der Waals surface area contributed by atoms with Gasteiger partial charge < -0.3 is 19.5 Å². The number of likely N-dealkylation sites (tertiary alicyclic amines) is 1. The third-order valence-electron chi connectivity index (χ3n) is 4.51. The summed E-state index contributed by atoms with van der Waals surface area (Å²) in [6, 6.07) is 17.9. The van der Waals surface area contributed by atoms with E-state index < -0.39 is 6.10 Å². The monoisotopic (exact) mass is 327 g/mol. The Morgan fingerprint density at radius 2 is 1.83 bits per heavy atom. The molecule has 0 radical (unpaired) electrons. The van der Waals surface area contributed by atoms with Crippen LogP contribution in [0.15, 0.2) is 54.6 Å². The van der Waals surface area contributed by atoms with Gasteiger partial charge >= 0.3 is 0 Å². The first kappa shape index (κ1) is 16.8. The zero-order valence-corrected chi connectivity index (χ0v) is 14.1. The maximum atomic E-state index is 10.2. The maximum Gasteiger partial charge on any atom is 0.119 e. The van der Waals surface area contributed by atoms with Crippen molar-refractivity contribution < 1.29 is 14.6 Å². The molecule has 1 aliphatic rings. The van der Waals surface area contributed by atoms with E-state index in [9.17, 15) is 5.11 Å². The van der Waals surface area contributed by atoms with Crippen LogP contribution < -0.4 is 9.47 Å². The Bertz CT molecular complexity index is 615. The second kappa shape index (κ2) is 8.18. The number of aliphatic hydroxyl groups excluding tert-OH is 1. The molecule has 2 unspecified atom stereocenters. The maximum absolute atomic E-state index is 10.2. The lowest BCUT2D eigenvalue weighted by atomic mass is 9.98. The van der Waals surface area contributed by atoms with Gasteiger partial charge in [-0.15, -0.1) is 0 Å². The van der Waals surface area contributed by atoms with E-state index in [4.69, 9.17) is 9.47 Å². The number of β-amino-alcohol motifs (C(OH)–C–C–N with tert-alkyl or cyclic N) is 1. The van der Waals surface area contributed by atoms with Gasteiger partial charge in [-0.2, -0.15) is 0 Å². The number of aliphatic hydroxyl groups is 1. The van der Waals surface area contributed by atoms with Gasteiger partial charge in [-0.3, -0.25) is 0 Å². The van der Waals surface area contributed by atoms with Crippen molar-refractivity contribution in [3.05, 3.63) is 60.2 Å². The van der Waals surface area contributed by atoms with Crippen molar-refractivity contribution in [2.75, 3.05) is 33.4 Å². The van der Waals surface area contributed by atoms with Gasteiger partial charge in [0, 0.05) is 13.1 Å². The zero-order chi connectivity index (χ0) is 16.8. The van der Waals surface area contributed by atoms with E-state index >= 15 is 0 Å². The molecular weight excluding hydrogens is 302 g/mol. The molecule has 1 heterocycles. The van der Waals surface area contributed by atoms with E-state index in [1.165, 1.54) is 5.56 Å². The summed E-state index contributed by atoms with van der Waals surface area (Å²) in [5.41, 5.74) is 1.34. The van der Waals surface area contributed by atoms with Crippen LogP contribution in [0.5, 0.6) is 11.5 Å². The van der Waals surface area contributed by atoms with E-state index in [-0.39, 0.29) is 0 Å². The van der Waals surface area contributed by atoms with Crippen LogP contribution in [-0.4, -0.2) is 49.5 Å². The average Bonchev–Trinajstić information content (AvgIpc) is 3.09. The van der Waals surface area contributed by atoms with Crippen LogP contribution in [0.3, 0.4) is 0 Å². The van der Waals surface area contributed by atoms with Gasteiger partial charge in [0.15, 0.2) is 0 Å². The molecule has 128 valence electrons. The van der Waals surface area contributed by atoms with Gasteiger partial charge in [0.25, 0.3) is 0 Å². The highest BCUT2D eigenvalue weighted by molar-refractivity contribution is 5.30. The summed E-state index contributed by atoms with van der Waals surface area (Å²) >= 11 is 0. The van der Waals surface area contributed by atoms with Crippen molar-refractivity contribution in [1.82, 2.24) is 4.90 Å². The Labute approximate surface area is 143 Å². The summed E-state index contributed by atoms with van der Waals surface area (Å²) < 4.78 is 10.8. The lowest BCUT2D eigenvalue weighted by Crippen LogP contribution is -2.34. The fraction of sp³-hybridized carbons (Fsp3) is 0.400. The fourth-order valence-corrected chi connectivity index (χ4v) is 3.21. The summed E-state index contributed by atoms with van der Waals surface area (Å²) in [5.74, 6) is 2.22. The summed E-state index contributed by atoms with van der Waals surface area (Å²) in [7, 11) is 1.69. The first-order valence-electron chi connectivity index (χ1n) is 8.47. The van der Waals surface area contributed by atoms with E-state index in [1.54, 1.807) is 7.11 Å². The first-order chi connectivity index (χ1) is 11.7. The Balaban J connectivity index is 1.45. The molecule has 1 fully saturated rings. The molecule has 0 amide bonds. The largest absolute Gasteiger partial charge is 0.497 e. The third-order valence-corrected chi connectivity index (χ3v) is 4.51. The molecule has 0 aliphatic carbocycles. The fourth-order valence-electron chi connectivity index (χ4n) is 3.21. The normalized spacial score (nSPS) is 19.2. The molecule has 2 atom stereocenters. The van der Waals surface area contributed by atoms with E-state index in [0.29, 0.717) is 19.1 Å². The molecule has 1 saturated heterocycles. The number of benzene rings is 2. The van der Waals surface area contributed by atoms with Gasteiger partial charge in [-0.05, 0) is 48.7 Å². The van der Waals surface area contributed by atoms with Gasteiger partial charge in [-0.1, -0.05) is 30.3 Å². The van der Waals surface area contributed by atoms with Crippen LogP contribution in [0.2, 0.25) is 0 Å². The summed E-state index contributed by atoms with van der Waals surface area (Å²) in [6.07, 6.45) is 0.651. The van der Waals surface area contributed by atoms with Crippen molar-refractivity contribution in [2.45, 2.75) is 18.4 Å². The molecule has 4 heteroatoms. The molecule has 4 nitrogen and oxygen atoms in total. The predicted octanol–water partition coefficient (Wildman–Crippen LogP) is 2.92. The summed E-state index contributed by atoms with van der Waals surface area (Å²) in [6.45, 7) is 2.97. The Hall–Kier alpha value is -2.04. The number of hydrogen-bond acceptors (Lipinski definition) is 4. The van der Waals surface area contributed by atoms with Crippen LogP contribution in [-0.2, 0) is 0 Å². The Morgan fingerprint density at radius 3 is 2.54 bits per heavy atom.